The zero-order valence-corrected chi connectivity index (χ0v) is 36.9. The number of aliphatic carboxylic acids is 1. The molecule has 334 valence electrons. The van der Waals surface area contributed by atoms with Crippen molar-refractivity contribution in [1.29, 1.82) is 0 Å². The zero-order chi connectivity index (χ0) is 44.3. The molecule has 0 spiro atoms. The molecule has 1 aliphatic heterocycles. The number of aromatic nitrogens is 1. The normalized spacial score (nSPS) is 35.2. The first-order chi connectivity index (χ1) is 28.7. The number of aromatic carboxylic acids is 1. The molecule has 1 aromatic heterocycles. The average molecular weight is 848 g/mol. The highest BCUT2D eigenvalue weighted by molar-refractivity contribution is 5.93. The van der Waals surface area contributed by atoms with E-state index in [1.54, 1.807) is 6.07 Å². The summed E-state index contributed by atoms with van der Waals surface area (Å²) in [6.45, 7) is 17.4. The van der Waals surface area contributed by atoms with Crippen LogP contribution in [0, 0.1) is 45.7 Å². The molecule has 0 bridgehead atoms. The predicted octanol–water partition coefficient (Wildman–Crippen LogP) is 7.25. The van der Waals surface area contributed by atoms with Crippen molar-refractivity contribution in [2.45, 2.75) is 137 Å². The highest BCUT2D eigenvalue weighted by atomic mass is 19.1. The molecule has 2 heterocycles. The van der Waals surface area contributed by atoms with Crippen molar-refractivity contribution in [1.82, 2.24) is 9.88 Å². The number of carbonyl (C=O) groups is 3. The summed E-state index contributed by atoms with van der Waals surface area (Å²) < 4.78 is 22.3. The Morgan fingerprint density at radius 1 is 0.967 bits per heavy atom. The second-order valence-electron chi connectivity index (χ2n) is 20.0. The zero-order valence-electron chi connectivity index (χ0n) is 36.9. The Kier molecular flexibility index (Phi) is 12.5. The number of allylic oxidation sites excluding steroid dienone is 2. The highest BCUT2D eigenvalue weighted by Gasteiger charge is 2.70. The third-order valence-corrected chi connectivity index (χ3v) is 16.3. The number of hydrogen-bond acceptors (Lipinski definition) is 9. The van der Waals surface area contributed by atoms with Crippen molar-refractivity contribution in [3.8, 4) is 0 Å². The van der Waals surface area contributed by atoms with E-state index in [0.717, 1.165) is 62.8 Å². The quantitative estimate of drug-likeness (QED) is 0.103. The second-order valence-corrected chi connectivity index (χ2v) is 20.0. The summed E-state index contributed by atoms with van der Waals surface area (Å²) in [5.74, 6) is -2.66. The van der Waals surface area contributed by atoms with E-state index in [1.807, 2.05) is 29.4 Å². The highest BCUT2D eigenvalue weighted by Crippen LogP contribution is 2.74. The molecule has 0 amide bonds. The van der Waals surface area contributed by atoms with Gasteiger partial charge in [-0.1, -0.05) is 39.3 Å². The molecule has 12 nitrogen and oxygen atoms in total. The summed E-state index contributed by atoms with van der Waals surface area (Å²) in [6.07, 6.45) is 9.51. The number of aliphatic hydroxyl groups is 2. The summed E-state index contributed by atoms with van der Waals surface area (Å²) in [5, 5.41) is 45.5. The number of fused-ring (bicyclic) bond motifs is 6. The van der Waals surface area contributed by atoms with E-state index >= 15 is 0 Å². The van der Waals surface area contributed by atoms with Crippen molar-refractivity contribution < 1.29 is 43.9 Å². The van der Waals surface area contributed by atoms with Crippen LogP contribution in [0.2, 0.25) is 0 Å². The maximum absolute atomic E-state index is 14.6. The van der Waals surface area contributed by atoms with Crippen LogP contribution < -0.4 is 15.6 Å². The van der Waals surface area contributed by atoms with Gasteiger partial charge in [-0.2, -0.15) is 0 Å². The van der Waals surface area contributed by atoms with Crippen LogP contribution in [-0.4, -0.2) is 87.4 Å². The molecule has 2 unspecified atom stereocenters. The average Bonchev–Trinajstić information content (AvgIpc) is 3.99. The lowest BCUT2D eigenvalue weighted by atomic mass is 9.36. The first-order valence-electron chi connectivity index (χ1n) is 22.4. The smallest absolute Gasteiger partial charge is 0.341 e. The molecule has 8 rings (SSSR count). The van der Waals surface area contributed by atoms with Gasteiger partial charge in [0.05, 0.1) is 23.4 Å². The predicted molar refractivity (Wildman–Crippen MR) is 231 cm³/mol. The van der Waals surface area contributed by atoms with Gasteiger partial charge in [0, 0.05) is 56.3 Å². The number of piperazine rings is 1. The largest absolute Gasteiger partial charge is 0.478 e. The number of esters is 1. The fraction of sp³-hybridized carbons (Fsp3) is 0.667. The number of nitrogens with zero attached hydrogens (tertiary/aromatic N) is 2. The lowest BCUT2D eigenvalue weighted by Crippen LogP contribution is -2.65. The van der Waals surface area contributed by atoms with Crippen LogP contribution in [0.1, 0.15) is 129 Å². The van der Waals surface area contributed by atoms with Crippen LogP contribution in [0.4, 0.5) is 10.1 Å². The molecular formula is C48H66FN3O9. The summed E-state index contributed by atoms with van der Waals surface area (Å²) in [4.78, 5) is 50.5. The van der Waals surface area contributed by atoms with Gasteiger partial charge in [-0.05, 0) is 136 Å². The number of halogens is 1. The standard InChI is InChI=1S/C31H48O6.C17H18FN3O3/c1-17(2)9-8-10-20(28(35)36)26-22-15-24(34)27-29(5)13-12-23(33)18(3)21(29)11-14-30(27,6)31(22,7)16-25(26)37-19(4)32;18-13-7-11-14(8-15(13)20-5-3-19-4-6-20)21(10-1-2-10)9-12(16(11)22)17(23)24/h9,18,21-25,27,33-34H,8,10-16H2,1-7H3,(H,35,36);7-10,19H,1-6H2,(H,23,24)/t18-,21?,22+,23+,24+,25-,27?,29-,30-,31-;/m0./s1. The Balaban J connectivity index is 0.000000201. The number of aliphatic hydroxyl groups excluding tert-OH is 2. The monoisotopic (exact) mass is 847 g/mol. The number of carbonyl (C=O) groups excluding carboxylic acids is 1. The number of ether oxygens (including phenoxy) is 1. The van der Waals surface area contributed by atoms with Crippen LogP contribution >= 0.6 is 0 Å². The fourth-order valence-electron chi connectivity index (χ4n) is 13.1. The SMILES string of the molecule is CC(=O)O[C@H]1C[C@@]2(C)[C@H](C[C@@H](O)C3[C@@]4(C)CC[C@@H](O)[C@@H](C)C4CC[C@@]32C)C1=C(CCC=C(C)C)C(=O)O.O=C(O)c1cn(C2CC2)c2cc(N3CCNCC3)c(F)cc2c1=O. The molecule has 0 radical (unpaired) electrons. The number of hydrogen-bond donors (Lipinski definition) is 5. The van der Waals surface area contributed by atoms with Gasteiger partial charge in [-0.15, -0.1) is 0 Å². The molecule has 10 atom stereocenters. The maximum Gasteiger partial charge on any atom is 0.341 e. The van der Waals surface area contributed by atoms with Gasteiger partial charge in [0.15, 0.2) is 0 Å². The van der Waals surface area contributed by atoms with E-state index in [-0.39, 0.29) is 57.1 Å². The number of benzene rings is 1. The Morgan fingerprint density at radius 2 is 1.66 bits per heavy atom. The Labute approximate surface area is 358 Å². The number of anilines is 1. The minimum Gasteiger partial charge on any atom is -0.478 e. The minimum atomic E-state index is -1.28. The Bertz CT molecular complexity index is 2190. The van der Waals surface area contributed by atoms with Crippen LogP contribution in [0.15, 0.2) is 45.9 Å². The number of carboxylic acids is 2. The molecule has 6 aliphatic rings. The first-order valence-corrected chi connectivity index (χ1v) is 22.4. The Hall–Kier alpha value is -4.07. The van der Waals surface area contributed by atoms with Crippen molar-refractivity contribution in [3.05, 3.63) is 62.7 Å². The fourth-order valence-corrected chi connectivity index (χ4v) is 13.1. The van der Waals surface area contributed by atoms with Gasteiger partial charge in [0.25, 0.3) is 0 Å². The molecule has 1 aromatic carbocycles. The van der Waals surface area contributed by atoms with Crippen LogP contribution in [-0.2, 0) is 14.3 Å². The van der Waals surface area contributed by atoms with E-state index in [9.17, 15) is 44.0 Å². The lowest BCUT2D eigenvalue weighted by molar-refractivity contribution is -0.234. The third kappa shape index (κ3) is 7.96. The van der Waals surface area contributed by atoms with Gasteiger partial charge in [0.2, 0.25) is 5.43 Å². The number of rotatable bonds is 8. The molecule has 5 aliphatic carbocycles. The van der Waals surface area contributed by atoms with Crippen LogP contribution in [0.3, 0.4) is 0 Å². The number of nitrogens with one attached hydrogen (secondary N) is 1. The third-order valence-electron chi connectivity index (χ3n) is 16.3. The molecule has 61 heavy (non-hydrogen) atoms. The molecule has 13 heteroatoms. The maximum atomic E-state index is 14.6. The van der Waals surface area contributed by atoms with Crippen LogP contribution in [0.5, 0.6) is 0 Å². The summed E-state index contributed by atoms with van der Waals surface area (Å²) in [7, 11) is 0. The lowest BCUT2D eigenvalue weighted by Gasteiger charge is -2.69. The Morgan fingerprint density at radius 3 is 2.26 bits per heavy atom. The number of carboxylic acid groups (broad SMARTS) is 2. The van der Waals surface area contributed by atoms with E-state index < -0.39 is 41.4 Å². The summed E-state index contributed by atoms with van der Waals surface area (Å²) in [5.41, 5.74) is 1.73. The van der Waals surface area contributed by atoms with Gasteiger partial charge in [0.1, 0.15) is 17.5 Å². The number of pyridine rings is 1. The molecule has 5 N–H and O–H groups in total. The van der Waals surface area contributed by atoms with Crippen LogP contribution in [0.25, 0.3) is 10.9 Å². The summed E-state index contributed by atoms with van der Waals surface area (Å²) in [6, 6.07) is 3.08. The summed E-state index contributed by atoms with van der Waals surface area (Å²) >= 11 is 0. The van der Waals surface area contributed by atoms with E-state index in [4.69, 9.17) is 4.74 Å². The van der Waals surface area contributed by atoms with Crippen molar-refractivity contribution in [2.75, 3.05) is 31.1 Å². The molecule has 5 saturated carbocycles. The van der Waals surface area contributed by atoms with Crippen molar-refractivity contribution >= 4 is 34.5 Å². The molecule has 6 fully saturated rings. The van der Waals surface area contributed by atoms with Gasteiger partial charge in [-0.3, -0.25) is 9.59 Å². The minimum absolute atomic E-state index is 0.0474. The molecular weight excluding hydrogens is 782 g/mol. The molecule has 2 aromatic rings. The van der Waals surface area contributed by atoms with E-state index in [0.29, 0.717) is 61.5 Å². The second kappa shape index (κ2) is 16.9. The van der Waals surface area contributed by atoms with Gasteiger partial charge >= 0.3 is 17.9 Å². The molecule has 1 saturated heterocycles. The van der Waals surface area contributed by atoms with E-state index in [2.05, 4.69) is 33.0 Å². The van der Waals surface area contributed by atoms with Gasteiger partial charge < -0.3 is 39.9 Å². The van der Waals surface area contributed by atoms with Gasteiger partial charge in [-0.25, -0.2) is 14.0 Å². The topological polar surface area (TPSA) is 179 Å². The van der Waals surface area contributed by atoms with Crippen molar-refractivity contribution in [3.63, 3.8) is 0 Å². The van der Waals surface area contributed by atoms with Crippen molar-refractivity contribution in [2.24, 2.45) is 39.9 Å². The first kappa shape index (κ1) is 45.0. The van der Waals surface area contributed by atoms with E-state index in [1.165, 1.54) is 19.2 Å².